The maximum absolute atomic E-state index is 13.1. The first kappa shape index (κ1) is 15.4. The Hall–Kier alpha value is -0.970. The zero-order chi connectivity index (χ0) is 14.4. The Bertz CT molecular complexity index is 405. The molecule has 0 saturated heterocycles. The van der Waals surface area contributed by atoms with Crippen LogP contribution in [0.4, 0.5) is 4.39 Å². The van der Waals surface area contributed by atoms with Gasteiger partial charge in [-0.25, -0.2) is 4.39 Å². The number of rotatable bonds is 6. The van der Waals surface area contributed by atoms with E-state index in [-0.39, 0.29) is 5.82 Å². The topological polar surface area (TPSA) is 41.5 Å². The number of aliphatic hydroxyl groups excluding tert-OH is 1. The second-order valence-corrected chi connectivity index (χ2v) is 5.61. The van der Waals surface area contributed by atoms with Crippen molar-refractivity contribution < 1.29 is 14.2 Å². The molecule has 2 N–H and O–H groups in total. The third kappa shape index (κ3) is 4.54. The average molecular weight is 281 g/mol. The highest BCUT2D eigenvalue weighted by atomic mass is 19.1. The molecule has 3 nitrogen and oxygen atoms in total. The summed E-state index contributed by atoms with van der Waals surface area (Å²) in [5.41, 5.74) is 0.626. The highest BCUT2D eigenvalue weighted by Crippen LogP contribution is 2.25. The Morgan fingerprint density at radius 2 is 2.10 bits per heavy atom. The van der Waals surface area contributed by atoms with Crippen molar-refractivity contribution >= 4 is 0 Å². The summed E-state index contributed by atoms with van der Waals surface area (Å²) in [5.74, 6) is 0.348. The van der Waals surface area contributed by atoms with Crippen LogP contribution in [-0.2, 0) is 4.74 Å². The van der Waals surface area contributed by atoms with Gasteiger partial charge >= 0.3 is 0 Å². The predicted molar refractivity (Wildman–Crippen MR) is 77.0 cm³/mol. The van der Waals surface area contributed by atoms with Crippen molar-refractivity contribution in [1.82, 2.24) is 5.32 Å². The van der Waals surface area contributed by atoms with Gasteiger partial charge in [-0.3, -0.25) is 0 Å². The van der Waals surface area contributed by atoms with E-state index in [4.69, 9.17) is 4.74 Å². The summed E-state index contributed by atoms with van der Waals surface area (Å²) < 4.78 is 18.4. The summed E-state index contributed by atoms with van der Waals surface area (Å²) in [6, 6.07) is 6.15. The van der Waals surface area contributed by atoms with Gasteiger partial charge in [0.05, 0.1) is 12.2 Å². The van der Waals surface area contributed by atoms with E-state index in [9.17, 15) is 9.50 Å². The van der Waals surface area contributed by atoms with Gasteiger partial charge in [-0.05, 0) is 55.8 Å². The lowest BCUT2D eigenvalue weighted by Crippen LogP contribution is -2.31. The fourth-order valence-electron chi connectivity index (χ4n) is 2.83. The second kappa shape index (κ2) is 7.72. The van der Waals surface area contributed by atoms with E-state index in [0.29, 0.717) is 24.1 Å². The molecule has 0 unspecified atom stereocenters. The zero-order valence-electron chi connectivity index (χ0n) is 12.0. The minimum Gasteiger partial charge on any atom is -0.387 e. The van der Waals surface area contributed by atoms with Crippen LogP contribution in [0.5, 0.6) is 0 Å². The lowest BCUT2D eigenvalue weighted by atomic mass is 9.87. The molecule has 1 aliphatic rings. The quantitative estimate of drug-likeness (QED) is 0.842. The largest absolute Gasteiger partial charge is 0.387 e. The van der Waals surface area contributed by atoms with Crippen molar-refractivity contribution in [3.63, 3.8) is 0 Å². The third-order valence-electron chi connectivity index (χ3n) is 4.13. The van der Waals surface area contributed by atoms with Gasteiger partial charge in [0.1, 0.15) is 5.82 Å². The van der Waals surface area contributed by atoms with Crippen LogP contribution in [0.25, 0.3) is 0 Å². The van der Waals surface area contributed by atoms with Crippen LogP contribution >= 0.6 is 0 Å². The number of hydrogen-bond donors (Lipinski definition) is 2. The van der Waals surface area contributed by atoms with E-state index in [1.165, 1.54) is 25.0 Å². The number of benzene rings is 1. The molecule has 112 valence electrons. The van der Waals surface area contributed by atoms with Crippen LogP contribution in [0.15, 0.2) is 24.3 Å². The van der Waals surface area contributed by atoms with Gasteiger partial charge in [-0.2, -0.15) is 0 Å². The highest BCUT2D eigenvalue weighted by molar-refractivity contribution is 5.18. The molecule has 1 saturated carbocycles. The van der Waals surface area contributed by atoms with E-state index < -0.39 is 6.10 Å². The molecule has 1 fully saturated rings. The molecule has 0 amide bonds. The number of halogens is 1. The van der Waals surface area contributed by atoms with Crippen molar-refractivity contribution in [3.8, 4) is 0 Å². The fourth-order valence-corrected chi connectivity index (χ4v) is 2.83. The summed E-state index contributed by atoms with van der Waals surface area (Å²) in [4.78, 5) is 0. The van der Waals surface area contributed by atoms with E-state index in [2.05, 4.69) is 5.32 Å². The lowest BCUT2D eigenvalue weighted by molar-refractivity contribution is 0.0561. The molecule has 2 rings (SSSR count). The third-order valence-corrected chi connectivity index (χ3v) is 4.13. The molecule has 0 aliphatic heterocycles. The molecule has 1 atom stereocenters. The van der Waals surface area contributed by atoms with Crippen molar-refractivity contribution in [2.24, 2.45) is 5.92 Å². The molecule has 0 radical (unpaired) electrons. The van der Waals surface area contributed by atoms with Gasteiger partial charge in [-0.15, -0.1) is 0 Å². The molecule has 0 spiro atoms. The molecule has 1 aromatic rings. The van der Waals surface area contributed by atoms with Crippen LogP contribution in [0.1, 0.15) is 37.4 Å². The predicted octanol–water partition coefficient (Wildman–Crippen LogP) is 2.65. The van der Waals surface area contributed by atoms with E-state index in [1.54, 1.807) is 19.2 Å². The Balaban J connectivity index is 1.68. The SMILES string of the molecule is COC1CCC(CNC[C@H](O)c2cccc(F)c2)CC1. The molecule has 0 bridgehead atoms. The summed E-state index contributed by atoms with van der Waals surface area (Å²) in [6.07, 6.45) is 4.35. The van der Waals surface area contributed by atoms with Gasteiger partial charge in [0.2, 0.25) is 0 Å². The molecule has 1 aliphatic carbocycles. The molecular weight excluding hydrogens is 257 g/mol. The fraction of sp³-hybridized carbons (Fsp3) is 0.625. The number of methoxy groups -OCH3 is 1. The van der Waals surface area contributed by atoms with E-state index in [1.807, 2.05) is 0 Å². The maximum atomic E-state index is 13.1. The highest BCUT2D eigenvalue weighted by Gasteiger charge is 2.20. The van der Waals surface area contributed by atoms with Gasteiger partial charge in [0, 0.05) is 13.7 Å². The molecule has 20 heavy (non-hydrogen) atoms. The van der Waals surface area contributed by atoms with E-state index >= 15 is 0 Å². The van der Waals surface area contributed by atoms with Crippen LogP contribution in [-0.4, -0.2) is 31.4 Å². The van der Waals surface area contributed by atoms with Crippen molar-refractivity contribution in [2.75, 3.05) is 20.2 Å². The molecular formula is C16H24FNO2. The summed E-state index contributed by atoms with van der Waals surface area (Å²) in [5, 5.41) is 13.3. The number of ether oxygens (including phenoxy) is 1. The minimum absolute atomic E-state index is 0.306. The Morgan fingerprint density at radius 3 is 2.75 bits per heavy atom. The van der Waals surface area contributed by atoms with Crippen LogP contribution in [0.2, 0.25) is 0 Å². The van der Waals surface area contributed by atoms with Crippen molar-refractivity contribution in [1.29, 1.82) is 0 Å². The van der Waals surface area contributed by atoms with Crippen molar-refractivity contribution in [2.45, 2.75) is 37.9 Å². The Kier molecular flexibility index (Phi) is 5.95. The Labute approximate surface area is 120 Å². The van der Waals surface area contributed by atoms with Gasteiger partial charge < -0.3 is 15.2 Å². The van der Waals surface area contributed by atoms with Crippen LogP contribution in [0, 0.1) is 11.7 Å². The van der Waals surface area contributed by atoms with E-state index in [0.717, 1.165) is 19.4 Å². The number of nitrogens with one attached hydrogen (secondary N) is 1. The minimum atomic E-state index is -0.652. The summed E-state index contributed by atoms with van der Waals surface area (Å²) in [6.45, 7) is 1.37. The monoisotopic (exact) mass is 281 g/mol. The van der Waals surface area contributed by atoms with Gasteiger partial charge in [0.15, 0.2) is 0 Å². The Morgan fingerprint density at radius 1 is 1.35 bits per heavy atom. The summed E-state index contributed by atoms with van der Waals surface area (Å²) >= 11 is 0. The average Bonchev–Trinajstić information content (AvgIpc) is 2.48. The zero-order valence-corrected chi connectivity index (χ0v) is 12.0. The van der Waals surface area contributed by atoms with Crippen LogP contribution in [0.3, 0.4) is 0 Å². The van der Waals surface area contributed by atoms with Crippen LogP contribution < -0.4 is 5.32 Å². The first-order valence-corrected chi connectivity index (χ1v) is 7.36. The summed E-state index contributed by atoms with van der Waals surface area (Å²) in [7, 11) is 1.78. The second-order valence-electron chi connectivity index (χ2n) is 5.61. The number of hydrogen-bond acceptors (Lipinski definition) is 3. The van der Waals surface area contributed by atoms with Crippen molar-refractivity contribution in [3.05, 3.63) is 35.6 Å². The molecule has 0 heterocycles. The first-order valence-electron chi connectivity index (χ1n) is 7.36. The van der Waals surface area contributed by atoms with Gasteiger partial charge in [0.25, 0.3) is 0 Å². The molecule has 0 aromatic heterocycles. The van der Waals surface area contributed by atoms with Gasteiger partial charge in [-0.1, -0.05) is 12.1 Å². The smallest absolute Gasteiger partial charge is 0.123 e. The molecule has 4 heteroatoms. The lowest BCUT2D eigenvalue weighted by Gasteiger charge is -2.28. The number of aliphatic hydroxyl groups is 1. The normalized spacial score (nSPS) is 24.6. The maximum Gasteiger partial charge on any atom is 0.123 e. The molecule has 1 aromatic carbocycles. The first-order chi connectivity index (χ1) is 9.69. The standard InChI is InChI=1S/C16H24FNO2/c1-20-15-7-5-12(6-8-15)10-18-11-16(19)13-3-2-4-14(17)9-13/h2-4,9,12,15-16,18-19H,5-8,10-11H2,1H3/t12?,15?,16-/m0/s1.